The van der Waals surface area contributed by atoms with E-state index in [0.717, 1.165) is 29.9 Å². The quantitative estimate of drug-likeness (QED) is 0.282. The molecule has 0 fully saturated rings. The van der Waals surface area contributed by atoms with Gasteiger partial charge in [-0.15, -0.1) is 24.0 Å². The van der Waals surface area contributed by atoms with Crippen LogP contribution < -0.4 is 15.8 Å². The van der Waals surface area contributed by atoms with Crippen LogP contribution in [0, 0.1) is 5.82 Å². The van der Waals surface area contributed by atoms with Crippen molar-refractivity contribution in [1.82, 2.24) is 5.32 Å². The zero-order valence-corrected chi connectivity index (χ0v) is 17.6. The van der Waals surface area contributed by atoms with E-state index in [1.54, 1.807) is 0 Å². The molecule has 0 aliphatic carbocycles. The molecule has 27 heavy (non-hydrogen) atoms. The van der Waals surface area contributed by atoms with Crippen molar-refractivity contribution in [3.8, 4) is 5.75 Å². The molecule has 0 saturated carbocycles. The Balaban J connectivity index is 0.00000261. The standard InChI is InChI=1S/C18H20FN3O3S.HI/c19-13-5-7-14(8-6-13)26(23,24)12-10-21-18(20)22-16-9-11-25-17-4-2-1-3-15(16)17;/h1-8,16H,9-12H2,(H3,20,21,22);1H. The first kappa shape index (κ1) is 21.4. The fourth-order valence-corrected chi connectivity index (χ4v) is 3.88. The van der Waals surface area contributed by atoms with Gasteiger partial charge in [-0.2, -0.15) is 0 Å². The van der Waals surface area contributed by atoms with E-state index in [1.807, 2.05) is 24.3 Å². The number of hydrogen-bond acceptors (Lipinski definition) is 4. The monoisotopic (exact) mass is 505 g/mol. The van der Waals surface area contributed by atoms with E-state index in [9.17, 15) is 12.8 Å². The molecule has 1 unspecified atom stereocenters. The van der Waals surface area contributed by atoms with Crippen LogP contribution in [-0.4, -0.2) is 33.3 Å². The van der Waals surface area contributed by atoms with E-state index in [4.69, 9.17) is 10.5 Å². The maximum absolute atomic E-state index is 12.9. The number of nitrogens with zero attached hydrogens (tertiary/aromatic N) is 1. The normalized spacial score (nSPS) is 16.6. The minimum absolute atomic E-state index is 0. The maximum Gasteiger partial charge on any atom is 0.189 e. The molecule has 146 valence electrons. The molecular formula is C18H21FIN3O3S. The minimum atomic E-state index is -3.53. The Morgan fingerprint density at radius 2 is 1.93 bits per heavy atom. The molecule has 6 nitrogen and oxygen atoms in total. The van der Waals surface area contributed by atoms with E-state index >= 15 is 0 Å². The first-order chi connectivity index (χ1) is 12.5. The van der Waals surface area contributed by atoms with Gasteiger partial charge >= 0.3 is 0 Å². The van der Waals surface area contributed by atoms with Crippen LogP contribution in [0.3, 0.4) is 0 Å². The van der Waals surface area contributed by atoms with Crippen LogP contribution in [0.2, 0.25) is 0 Å². The Hall–Kier alpha value is -1.88. The van der Waals surface area contributed by atoms with Gasteiger partial charge in [0.2, 0.25) is 0 Å². The predicted octanol–water partition coefficient (Wildman–Crippen LogP) is 2.65. The number of para-hydroxylation sites is 1. The Kier molecular flexibility index (Phi) is 7.42. The van der Waals surface area contributed by atoms with Gasteiger partial charge in [-0.25, -0.2) is 12.8 Å². The Morgan fingerprint density at radius 1 is 1.22 bits per heavy atom. The summed E-state index contributed by atoms with van der Waals surface area (Å²) in [6.07, 6.45) is 0.737. The summed E-state index contributed by atoms with van der Waals surface area (Å²) in [5.41, 5.74) is 6.90. The Bertz CT molecular complexity index is 904. The molecule has 0 amide bonds. The van der Waals surface area contributed by atoms with E-state index in [1.165, 1.54) is 12.1 Å². The molecule has 3 rings (SSSR count). The lowest BCUT2D eigenvalue weighted by atomic mass is 10.0. The van der Waals surface area contributed by atoms with Crippen molar-refractivity contribution in [3.05, 3.63) is 59.9 Å². The summed E-state index contributed by atoms with van der Waals surface area (Å²) in [5, 5.41) is 3.11. The number of guanidine groups is 1. The SMILES string of the molecule is I.NC(=NCCS(=O)(=O)c1ccc(F)cc1)NC1CCOc2ccccc21. The van der Waals surface area contributed by atoms with Crippen LogP contribution in [0.5, 0.6) is 5.75 Å². The number of benzene rings is 2. The molecule has 0 aromatic heterocycles. The van der Waals surface area contributed by atoms with Gasteiger partial charge in [0.15, 0.2) is 15.8 Å². The number of aliphatic imine (C=N–C) groups is 1. The summed E-state index contributed by atoms with van der Waals surface area (Å²) in [6, 6.07) is 12.4. The van der Waals surface area contributed by atoms with E-state index < -0.39 is 15.7 Å². The number of halogens is 2. The summed E-state index contributed by atoms with van der Waals surface area (Å²) in [6.45, 7) is 0.588. The highest BCUT2D eigenvalue weighted by Crippen LogP contribution is 2.31. The summed E-state index contributed by atoms with van der Waals surface area (Å²) in [4.78, 5) is 4.18. The largest absolute Gasteiger partial charge is 0.493 e. The number of fused-ring (bicyclic) bond motifs is 1. The van der Waals surface area contributed by atoms with E-state index in [0.29, 0.717) is 6.61 Å². The van der Waals surface area contributed by atoms with Gasteiger partial charge in [0.1, 0.15) is 11.6 Å². The predicted molar refractivity (Wildman–Crippen MR) is 113 cm³/mol. The number of nitrogens with one attached hydrogen (secondary N) is 1. The third kappa shape index (κ3) is 5.55. The highest BCUT2D eigenvalue weighted by Gasteiger charge is 2.21. The van der Waals surface area contributed by atoms with Crippen LogP contribution in [0.25, 0.3) is 0 Å². The van der Waals surface area contributed by atoms with Crippen molar-refractivity contribution >= 4 is 39.8 Å². The summed E-state index contributed by atoms with van der Waals surface area (Å²) in [5.74, 6) is 0.307. The third-order valence-electron chi connectivity index (χ3n) is 4.10. The highest BCUT2D eigenvalue weighted by atomic mass is 127. The van der Waals surface area contributed by atoms with Crippen molar-refractivity contribution in [2.24, 2.45) is 10.7 Å². The van der Waals surface area contributed by atoms with Crippen molar-refractivity contribution in [1.29, 1.82) is 0 Å². The van der Waals surface area contributed by atoms with Gasteiger partial charge in [-0.05, 0) is 30.3 Å². The van der Waals surface area contributed by atoms with Gasteiger partial charge in [0.25, 0.3) is 0 Å². The van der Waals surface area contributed by atoms with E-state index in [2.05, 4.69) is 10.3 Å². The number of sulfone groups is 1. The number of nitrogens with two attached hydrogens (primary N) is 1. The first-order valence-electron chi connectivity index (χ1n) is 8.22. The lowest BCUT2D eigenvalue weighted by Gasteiger charge is -2.26. The Morgan fingerprint density at radius 3 is 2.67 bits per heavy atom. The molecule has 9 heteroatoms. The second-order valence-corrected chi connectivity index (χ2v) is 8.02. The molecule has 2 aromatic carbocycles. The van der Waals surface area contributed by atoms with Crippen molar-refractivity contribution in [3.63, 3.8) is 0 Å². The molecule has 0 radical (unpaired) electrons. The molecule has 1 aliphatic rings. The van der Waals surface area contributed by atoms with Crippen molar-refractivity contribution < 1.29 is 17.5 Å². The molecule has 1 atom stereocenters. The van der Waals surface area contributed by atoms with Crippen molar-refractivity contribution in [2.45, 2.75) is 17.4 Å². The van der Waals surface area contributed by atoms with Gasteiger partial charge in [0.05, 0.1) is 29.8 Å². The summed E-state index contributed by atoms with van der Waals surface area (Å²) >= 11 is 0. The number of rotatable bonds is 5. The van der Waals surface area contributed by atoms with Gasteiger partial charge < -0.3 is 15.8 Å². The van der Waals surface area contributed by atoms with E-state index in [-0.39, 0.29) is 53.2 Å². The molecular weight excluding hydrogens is 484 g/mol. The maximum atomic E-state index is 12.9. The average Bonchev–Trinajstić information content (AvgIpc) is 2.62. The smallest absolute Gasteiger partial charge is 0.189 e. The van der Waals surface area contributed by atoms with Crippen LogP contribution >= 0.6 is 24.0 Å². The molecule has 0 bridgehead atoms. The fraction of sp³-hybridized carbons (Fsp3) is 0.278. The average molecular weight is 505 g/mol. The highest BCUT2D eigenvalue weighted by molar-refractivity contribution is 14.0. The zero-order valence-electron chi connectivity index (χ0n) is 14.5. The second kappa shape index (κ2) is 9.36. The molecule has 1 aliphatic heterocycles. The van der Waals surface area contributed by atoms with Gasteiger partial charge in [-0.3, -0.25) is 4.99 Å². The number of hydrogen-bond donors (Lipinski definition) is 2. The third-order valence-corrected chi connectivity index (χ3v) is 5.81. The molecule has 3 N–H and O–H groups in total. The van der Waals surface area contributed by atoms with Crippen LogP contribution in [0.15, 0.2) is 58.4 Å². The Labute approximate surface area is 175 Å². The molecule has 2 aromatic rings. The molecule has 0 saturated heterocycles. The van der Waals surface area contributed by atoms with Crippen molar-refractivity contribution in [2.75, 3.05) is 18.9 Å². The van der Waals surface area contributed by atoms with Crippen LogP contribution in [-0.2, 0) is 9.84 Å². The molecule has 1 heterocycles. The van der Waals surface area contributed by atoms with Crippen LogP contribution in [0.4, 0.5) is 4.39 Å². The zero-order chi connectivity index (χ0) is 18.6. The fourth-order valence-electron chi connectivity index (χ4n) is 2.76. The topological polar surface area (TPSA) is 93.8 Å². The number of ether oxygens (including phenoxy) is 1. The summed E-state index contributed by atoms with van der Waals surface area (Å²) in [7, 11) is -3.53. The minimum Gasteiger partial charge on any atom is -0.493 e. The second-order valence-electron chi connectivity index (χ2n) is 5.91. The first-order valence-corrected chi connectivity index (χ1v) is 9.87. The lowest BCUT2D eigenvalue weighted by Crippen LogP contribution is -2.37. The van der Waals surface area contributed by atoms with Crippen LogP contribution in [0.1, 0.15) is 18.0 Å². The lowest BCUT2D eigenvalue weighted by molar-refractivity contribution is 0.262. The molecule has 0 spiro atoms. The van der Waals surface area contributed by atoms with Gasteiger partial charge in [0, 0.05) is 12.0 Å². The van der Waals surface area contributed by atoms with Gasteiger partial charge in [-0.1, -0.05) is 18.2 Å². The summed E-state index contributed by atoms with van der Waals surface area (Å²) < 4.78 is 42.9.